The van der Waals surface area contributed by atoms with E-state index in [0.29, 0.717) is 24.3 Å². The molecule has 3 nitrogen and oxygen atoms in total. The Hall–Kier alpha value is -1.65. The van der Waals surface area contributed by atoms with E-state index in [1.807, 2.05) is 0 Å². The Labute approximate surface area is 116 Å². The first-order chi connectivity index (χ1) is 9.44. The summed E-state index contributed by atoms with van der Waals surface area (Å²) in [5.41, 5.74) is -0.228. The fourth-order valence-electron chi connectivity index (χ4n) is 2.84. The molecule has 0 aliphatic heterocycles. The summed E-state index contributed by atoms with van der Waals surface area (Å²) in [5, 5.41) is 9.59. The fraction of sp³-hybridized carbons (Fsp3) is 0.533. The van der Waals surface area contributed by atoms with Crippen molar-refractivity contribution in [3.63, 3.8) is 0 Å². The van der Waals surface area contributed by atoms with Crippen molar-refractivity contribution in [1.82, 2.24) is 0 Å². The van der Waals surface area contributed by atoms with Gasteiger partial charge in [-0.25, -0.2) is 0 Å². The van der Waals surface area contributed by atoms with Crippen LogP contribution in [-0.2, 0) is 10.2 Å². The molecule has 1 aromatic rings. The normalized spacial score (nSPS) is 26.5. The van der Waals surface area contributed by atoms with Crippen LogP contribution >= 0.6 is 0 Å². The van der Waals surface area contributed by atoms with E-state index in [1.54, 1.807) is 12.1 Å². The van der Waals surface area contributed by atoms with Crippen molar-refractivity contribution in [3.05, 3.63) is 29.8 Å². The first kappa shape index (κ1) is 14.8. The first-order valence-corrected chi connectivity index (χ1v) is 6.73. The lowest BCUT2D eigenvalue weighted by Gasteiger charge is -2.36. The second-order valence-corrected chi connectivity index (χ2v) is 5.47. The number of ether oxygens (including phenoxy) is 1. The molecule has 2 rings (SSSR count). The van der Waals surface area contributed by atoms with Crippen LogP contribution in [0.4, 0.5) is 8.78 Å². The van der Waals surface area contributed by atoms with Gasteiger partial charge in [0, 0.05) is 0 Å². The zero-order valence-electron chi connectivity index (χ0n) is 11.3. The summed E-state index contributed by atoms with van der Waals surface area (Å²) in [4.78, 5) is 11.7. The van der Waals surface area contributed by atoms with Crippen LogP contribution in [0.5, 0.6) is 5.75 Å². The van der Waals surface area contributed by atoms with Gasteiger partial charge in [0.15, 0.2) is 0 Å². The Balaban J connectivity index is 2.24. The molecular formula is C15H18F2O3. The van der Waals surface area contributed by atoms with Gasteiger partial charge in [0.1, 0.15) is 5.75 Å². The monoisotopic (exact) mass is 284 g/mol. The van der Waals surface area contributed by atoms with Gasteiger partial charge in [-0.2, -0.15) is 8.78 Å². The predicted molar refractivity (Wildman–Crippen MR) is 70.0 cm³/mol. The zero-order chi connectivity index (χ0) is 14.8. The van der Waals surface area contributed by atoms with Crippen molar-refractivity contribution in [2.24, 2.45) is 5.92 Å². The molecule has 5 heteroatoms. The minimum absolute atomic E-state index is 0.0495. The third kappa shape index (κ3) is 2.92. The molecule has 0 radical (unpaired) electrons. The minimum atomic E-state index is -2.87. The highest BCUT2D eigenvalue weighted by molar-refractivity contribution is 5.81. The lowest BCUT2D eigenvalue weighted by atomic mass is 9.67. The number of halogens is 2. The van der Waals surface area contributed by atoms with Crippen molar-refractivity contribution < 1.29 is 23.4 Å². The van der Waals surface area contributed by atoms with Crippen LogP contribution in [0.2, 0.25) is 0 Å². The summed E-state index contributed by atoms with van der Waals surface area (Å²) in [7, 11) is 0. The zero-order valence-corrected chi connectivity index (χ0v) is 11.3. The molecule has 1 fully saturated rings. The van der Waals surface area contributed by atoms with Crippen LogP contribution in [-0.4, -0.2) is 17.7 Å². The number of aliphatic carboxylic acids is 1. The van der Waals surface area contributed by atoms with Gasteiger partial charge in [0.2, 0.25) is 0 Å². The Morgan fingerprint density at radius 3 is 2.30 bits per heavy atom. The van der Waals surface area contributed by atoms with Gasteiger partial charge in [-0.3, -0.25) is 4.79 Å². The third-order valence-electron chi connectivity index (χ3n) is 4.17. The Morgan fingerprint density at radius 2 is 1.85 bits per heavy atom. The number of rotatable bonds is 4. The molecule has 110 valence electrons. The number of carboxylic acids is 1. The van der Waals surface area contributed by atoms with Crippen LogP contribution in [0.1, 0.15) is 38.2 Å². The van der Waals surface area contributed by atoms with Crippen LogP contribution < -0.4 is 4.74 Å². The van der Waals surface area contributed by atoms with Gasteiger partial charge >= 0.3 is 12.6 Å². The smallest absolute Gasteiger partial charge is 0.387 e. The number of alkyl halides is 2. The van der Waals surface area contributed by atoms with Gasteiger partial charge in [-0.1, -0.05) is 19.1 Å². The Kier molecular flexibility index (Phi) is 4.26. The molecule has 1 aliphatic carbocycles. The quantitative estimate of drug-likeness (QED) is 0.914. The number of benzene rings is 1. The second-order valence-electron chi connectivity index (χ2n) is 5.47. The van der Waals surface area contributed by atoms with E-state index in [-0.39, 0.29) is 5.75 Å². The SMILES string of the molecule is CC1CCC(C(=O)O)(c2ccc(OC(F)F)cc2)CC1. The van der Waals surface area contributed by atoms with E-state index in [4.69, 9.17) is 0 Å². The molecule has 0 heterocycles. The first-order valence-electron chi connectivity index (χ1n) is 6.73. The van der Waals surface area contributed by atoms with Crippen LogP contribution in [0.3, 0.4) is 0 Å². The molecule has 0 aromatic heterocycles. The summed E-state index contributed by atoms with van der Waals surface area (Å²) >= 11 is 0. The maximum atomic E-state index is 12.1. The van der Waals surface area contributed by atoms with E-state index >= 15 is 0 Å². The highest BCUT2D eigenvalue weighted by Gasteiger charge is 2.42. The molecule has 0 unspecified atom stereocenters. The summed E-state index contributed by atoms with van der Waals surface area (Å²) < 4.78 is 28.5. The number of hydrogen-bond acceptors (Lipinski definition) is 2. The van der Waals surface area contributed by atoms with Crippen LogP contribution in [0, 0.1) is 5.92 Å². The summed E-state index contributed by atoms with van der Waals surface area (Å²) in [5.74, 6) is -0.260. The van der Waals surface area contributed by atoms with Crippen molar-refractivity contribution in [2.75, 3.05) is 0 Å². The van der Waals surface area contributed by atoms with Gasteiger partial charge in [0.05, 0.1) is 5.41 Å². The highest BCUT2D eigenvalue weighted by atomic mass is 19.3. The summed E-state index contributed by atoms with van der Waals surface area (Å²) in [6, 6.07) is 5.98. The maximum Gasteiger partial charge on any atom is 0.387 e. The highest BCUT2D eigenvalue weighted by Crippen LogP contribution is 2.42. The standard InChI is InChI=1S/C15H18F2O3/c1-10-6-8-15(9-7-10,13(18)19)11-2-4-12(5-3-11)20-14(16)17/h2-5,10,14H,6-9H2,1H3,(H,18,19). The second kappa shape index (κ2) is 5.77. The van der Waals surface area contributed by atoms with Gasteiger partial charge in [-0.15, -0.1) is 0 Å². The van der Waals surface area contributed by atoms with Crippen molar-refractivity contribution in [1.29, 1.82) is 0 Å². The topological polar surface area (TPSA) is 46.5 Å². The molecule has 1 N–H and O–H groups in total. The molecule has 0 amide bonds. The molecular weight excluding hydrogens is 266 g/mol. The average molecular weight is 284 g/mol. The van der Waals surface area contributed by atoms with Crippen molar-refractivity contribution in [3.8, 4) is 5.75 Å². The molecule has 0 saturated heterocycles. The largest absolute Gasteiger partial charge is 0.481 e. The molecule has 20 heavy (non-hydrogen) atoms. The molecule has 0 atom stereocenters. The molecule has 1 saturated carbocycles. The molecule has 1 aliphatic rings. The predicted octanol–water partition coefficient (Wildman–Crippen LogP) is 3.82. The van der Waals surface area contributed by atoms with Crippen molar-refractivity contribution >= 4 is 5.97 Å². The van der Waals surface area contributed by atoms with Gasteiger partial charge < -0.3 is 9.84 Å². The lowest BCUT2D eigenvalue weighted by molar-refractivity contribution is -0.145. The lowest BCUT2D eigenvalue weighted by Crippen LogP contribution is -2.39. The van der Waals surface area contributed by atoms with Gasteiger partial charge in [-0.05, 0) is 49.3 Å². The maximum absolute atomic E-state index is 12.1. The van der Waals surface area contributed by atoms with Crippen LogP contribution in [0.25, 0.3) is 0 Å². The molecule has 0 spiro atoms. The number of carboxylic acid groups (broad SMARTS) is 1. The fourth-order valence-corrected chi connectivity index (χ4v) is 2.84. The Morgan fingerprint density at radius 1 is 1.30 bits per heavy atom. The van der Waals surface area contributed by atoms with E-state index in [0.717, 1.165) is 12.8 Å². The van der Waals surface area contributed by atoms with E-state index in [9.17, 15) is 18.7 Å². The van der Waals surface area contributed by atoms with E-state index in [1.165, 1.54) is 12.1 Å². The summed E-state index contributed by atoms with van der Waals surface area (Å²) in [6.45, 7) is -0.754. The summed E-state index contributed by atoms with van der Waals surface area (Å²) in [6.07, 6.45) is 2.89. The minimum Gasteiger partial charge on any atom is -0.481 e. The molecule has 0 bridgehead atoms. The van der Waals surface area contributed by atoms with E-state index in [2.05, 4.69) is 11.7 Å². The molecule has 1 aromatic carbocycles. The van der Waals surface area contributed by atoms with Gasteiger partial charge in [0.25, 0.3) is 0 Å². The number of carbonyl (C=O) groups is 1. The van der Waals surface area contributed by atoms with Crippen molar-refractivity contribution in [2.45, 2.75) is 44.6 Å². The average Bonchev–Trinajstić information content (AvgIpc) is 2.40. The third-order valence-corrected chi connectivity index (χ3v) is 4.17. The number of hydrogen-bond donors (Lipinski definition) is 1. The Bertz CT molecular complexity index is 463. The van der Waals surface area contributed by atoms with E-state index < -0.39 is 18.0 Å². The van der Waals surface area contributed by atoms with Crippen LogP contribution in [0.15, 0.2) is 24.3 Å².